The minimum atomic E-state index is 0.153. The average molecular weight is 291 g/mol. The highest BCUT2D eigenvalue weighted by atomic mass is 35.5. The van der Waals surface area contributed by atoms with E-state index < -0.39 is 0 Å². The summed E-state index contributed by atoms with van der Waals surface area (Å²) in [5.74, 6) is 1.18. The number of fused-ring (bicyclic) bond motifs is 1. The molecular weight excluding hydrogens is 280 g/mol. The number of aromatic nitrogens is 5. The third-order valence-corrected chi connectivity index (χ3v) is 2.89. The van der Waals surface area contributed by atoms with Crippen LogP contribution in [0.3, 0.4) is 0 Å². The zero-order valence-electron chi connectivity index (χ0n) is 10.6. The van der Waals surface area contributed by atoms with Crippen molar-refractivity contribution in [1.29, 1.82) is 0 Å². The molecule has 0 aliphatic rings. The highest BCUT2D eigenvalue weighted by Crippen LogP contribution is 2.19. The molecule has 0 saturated heterocycles. The van der Waals surface area contributed by atoms with Crippen molar-refractivity contribution in [3.05, 3.63) is 35.5 Å². The molecule has 8 heteroatoms. The lowest BCUT2D eigenvalue weighted by Crippen LogP contribution is -2.03. The number of aromatic amines is 1. The van der Waals surface area contributed by atoms with E-state index in [4.69, 9.17) is 16.3 Å². The van der Waals surface area contributed by atoms with Gasteiger partial charge in [0.1, 0.15) is 5.52 Å². The Morgan fingerprint density at radius 2 is 2.20 bits per heavy atom. The molecule has 0 unspecified atom stereocenters. The lowest BCUT2D eigenvalue weighted by Gasteiger charge is -2.07. The summed E-state index contributed by atoms with van der Waals surface area (Å²) in [6, 6.07) is 3.72. The summed E-state index contributed by atoms with van der Waals surface area (Å²) >= 11 is 5.86. The molecule has 0 spiro atoms. The number of hydrogen-bond donors (Lipinski definition) is 2. The maximum absolute atomic E-state index is 5.86. The molecule has 0 fully saturated rings. The normalized spacial score (nSPS) is 10.7. The number of ether oxygens (including phenoxy) is 1. The van der Waals surface area contributed by atoms with Crippen LogP contribution in [0.4, 0.5) is 5.82 Å². The Morgan fingerprint density at radius 1 is 1.30 bits per heavy atom. The number of H-pyrrole nitrogens is 1. The van der Waals surface area contributed by atoms with E-state index in [-0.39, 0.29) is 5.28 Å². The molecule has 3 aromatic rings. The highest BCUT2D eigenvalue weighted by molar-refractivity contribution is 6.28. The van der Waals surface area contributed by atoms with E-state index in [1.165, 1.54) is 0 Å². The van der Waals surface area contributed by atoms with Crippen molar-refractivity contribution in [2.24, 2.45) is 0 Å². The summed E-state index contributed by atoms with van der Waals surface area (Å²) in [4.78, 5) is 19.3. The number of nitrogens with one attached hydrogen (secondary N) is 2. The minimum absolute atomic E-state index is 0.153. The molecule has 102 valence electrons. The third-order valence-electron chi connectivity index (χ3n) is 2.73. The maximum Gasteiger partial charge on any atom is 0.226 e. The second kappa shape index (κ2) is 5.30. The van der Waals surface area contributed by atoms with Crippen LogP contribution in [0.15, 0.2) is 24.7 Å². The molecule has 0 aliphatic carbocycles. The first-order valence-electron chi connectivity index (χ1n) is 5.85. The van der Waals surface area contributed by atoms with Gasteiger partial charge in [-0.1, -0.05) is 6.07 Å². The summed E-state index contributed by atoms with van der Waals surface area (Å²) in [6.45, 7) is 0.554. The monoisotopic (exact) mass is 290 g/mol. The Morgan fingerprint density at radius 3 is 2.95 bits per heavy atom. The number of imidazole rings is 1. The Labute approximate surface area is 119 Å². The second-order valence-electron chi connectivity index (χ2n) is 4.00. The topological polar surface area (TPSA) is 88.6 Å². The Balaban J connectivity index is 1.80. The lowest BCUT2D eigenvalue weighted by atomic mass is 10.3. The predicted molar refractivity (Wildman–Crippen MR) is 74.8 cm³/mol. The van der Waals surface area contributed by atoms with Crippen molar-refractivity contribution in [3.8, 4) is 5.88 Å². The van der Waals surface area contributed by atoms with Gasteiger partial charge in [-0.15, -0.1) is 0 Å². The van der Waals surface area contributed by atoms with E-state index in [1.54, 1.807) is 25.7 Å². The standard InChI is InChI=1S/C12H11ClN6O/c1-20-8-3-2-7(4-14-8)5-15-10-9-11(17-6-16-9)19-12(13)18-10/h2-4,6H,5H2,1H3,(H2,15,16,17,18,19). The van der Waals surface area contributed by atoms with Gasteiger partial charge in [0.2, 0.25) is 11.2 Å². The number of hydrogen-bond acceptors (Lipinski definition) is 6. The first kappa shape index (κ1) is 12.6. The largest absolute Gasteiger partial charge is 0.481 e. The average Bonchev–Trinajstić information content (AvgIpc) is 2.93. The van der Waals surface area contributed by atoms with Crippen LogP contribution >= 0.6 is 11.6 Å². The van der Waals surface area contributed by atoms with Gasteiger partial charge in [-0.05, 0) is 17.2 Å². The van der Waals surface area contributed by atoms with Gasteiger partial charge in [0, 0.05) is 18.8 Å². The van der Waals surface area contributed by atoms with Crippen LogP contribution in [-0.4, -0.2) is 32.0 Å². The quantitative estimate of drug-likeness (QED) is 0.715. The molecular formula is C12H11ClN6O. The van der Waals surface area contributed by atoms with E-state index in [9.17, 15) is 0 Å². The van der Waals surface area contributed by atoms with Gasteiger partial charge in [0.25, 0.3) is 0 Å². The smallest absolute Gasteiger partial charge is 0.226 e. The van der Waals surface area contributed by atoms with Gasteiger partial charge in [-0.3, -0.25) is 0 Å². The summed E-state index contributed by atoms with van der Waals surface area (Å²) in [6.07, 6.45) is 3.29. The lowest BCUT2D eigenvalue weighted by molar-refractivity contribution is 0.397. The fraction of sp³-hybridized carbons (Fsp3) is 0.167. The maximum atomic E-state index is 5.86. The fourth-order valence-electron chi connectivity index (χ4n) is 1.76. The van der Waals surface area contributed by atoms with Crippen molar-refractivity contribution in [2.45, 2.75) is 6.54 Å². The number of nitrogens with zero attached hydrogens (tertiary/aromatic N) is 4. The van der Waals surface area contributed by atoms with Crippen molar-refractivity contribution in [2.75, 3.05) is 12.4 Å². The van der Waals surface area contributed by atoms with Crippen molar-refractivity contribution < 1.29 is 4.74 Å². The van der Waals surface area contributed by atoms with Crippen LogP contribution in [0.5, 0.6) is 5.88 Å². The van der Waals surface area contributed by atoms with Crippen LogP contribution < -0.4 is 10.1 Å². The van der Waals surface area contributed by atoms with E-state index in [1.807, 2.05) is 6.07 Å². The summed E-state index contributed by atoms with van der Waals surface area (Å²) in [7, 11) is 1.58. The van der Waals surface area contributed by atoms with Gasteiger partial charge in [0.05, 0.1) is 13.4 Å². The van der Waals surface area contributed by atoms with Crippen LogP contribution in [0.25, 0.3) is 11.2 Å². The van der Waals surface area contributed by atoms with Crippen LogP contribution in [0, 0.1) is 0 Å². The van der Waals surface area contributed by atoms with E-state index in [0.29, 0.717) is 23.9 Å². The fourth-order valence-corrected chi connectivity index (χ4v) is 1.92. The van der Waals surface area contributed by atoms with Crippen LogP contribution in [0.2, 0.25) is 5.28 Å². The number of halogens is 1. The molecule has 2 N–H and O–H groups in total. The molecule has 0 bridgehead atoms. The highest BCUT2D eigenvalue weighted by Gasteiger charge is 2.08. The molecule has 0 atom stereocenters. The van der Waals surface area contributed by atoms with Crippen LogP contribution in [0.1, 0.15) is 5.56 Å². The zero-order valence-corrected chi connectivity index (χ0v) is 11.3. The first-order chi connectivity index (χ1) is 9.76. The van der Waals surface area contributed by atoms with E-state index in [0.717, 1.165) is 11.1 Å². The number of rotatable bonds is 4. The first-order valence-corrected chi connectivity index (χ1v) is 6.23. The number of pyridine rings is 1. The second-order valence-corrected chi connectivity index (χ2v) is 4.34. The molecule has 3 heterocycles. The van der Waals surface area contributed by atoms with Gasteiger partial charge in [0.15, 0.2) is 11.5 Å². The summed E-state index contributed by atoms with van der Waals surface area (Å²) in [5, 5.41) is 3.33. The molecule has 0 saturated carbocycles. The van der Waals surface area contributed by atoms with Gasteiger partial charge >= 0.3 is 0 Å². The number of anilines is 1. The van der Waals surface area contributed by atoms with Crippen LogP contribution in [-0.2, 0) is 6.54 Å². The van der Waals surface area contributed by atoms with Crippen molar-refractivity contribution in [3.63, 3.8) is 0 Å². The Bertz CT molecular complexity index is 726. The Hall–Kier alpha value is -2.41. The number of methoxy groups -OCH3 is 1. The molecule has 0 radical (unpaired) electrons. The molecule has 7 nitrogen and oxygen atoms in total. The predicted octanol–water partition coefficient (Wildman–Crippen LogP) is 2.02. The van der Waals surface area contributed by atoms with Gasteiger partial charge < -0.3 is 15.0 Å². The molecule has 0 aromatic carbocycles. The Kier molecular flexibility index (Phi) is 3.34. The van der Waals surface area contributed by atoms with Gasteiger partial charge in [-0.2, -0.15) is 9.97 Å². The van der Waals surface area contributed by atoms with E-state index in [2.05, 4.69) is 30.2 Å². The summed E-state index contributed by atoms with van der Waals surface area (Å²) < 4.78 is 5.01. The van der Waals surface area contributed by atoms with Crippen molar-refractivity contribution in [1.82, 2.24) is 24.9 Å². The molecule has 0 amide bonds. The molecule has 3 aromatic heterocycles. The zero-order chi connectivity index (χ0) is 13.9. The molecule has 20 heavy (non-hydrogen) atoms. The SMILES string of the molecule is COc1ccc(CNc2nc(Cl)nc3nc[nH]c23)cn1. The minimum Gasteiger partial charge on any atom is -0.481 e. The van der Waals surface area contributed by atoms with E-state index >= 15 is 0 Å². The van der Waals surface area contributed by atoms with Gasteiger partial charge in [-0.25, -0.2) is 9.97 Å². The summed E-state index contributed by atoms with van der Waals surface area (Å²) in [5.41, 5.74) is 2.24. The van der Waals surface area contributed by atoms with Crippen molar-refractivity contribution >= 4 is 28.6 Å². The molecule has 0 aliphatic heterocycles. The molecule has 3 rings (SSSR count). The third kappa shape index (κ3) is 2.48.